The number of ether oxygens (including phenoxy) is 1. The molecule has 156 valence electrons. The van der Waals surface area contributed by atoms with Crippen molar-refractivity contribution in [3.05, 3.63) is 59.7 Å². The van der Waals surface area contributed by atoms with Crippen molar-refractivity contribution in [2.24, 2.45) is 0 Å². The van der Waals surface area contributed by atoms with Gasteiger partial charge in [0.1, 0.15) is 16.7 Å². The number of carbonyl (C=O) groups is 1. The normalized spacial score (nSPS) is 15.8. The van der Waals surface area contributed by atoms with Gasteiger partial charge in [0, 0.05) is 6.04 Å². The molecule has 0 aliphatic heterocycles. The quantitative estimate of drug-likeness (QED) is 0.693. The van der Waals surface area contributed by atoms with E-state index in [0.717, 1.165) is 36.8 Å². The average Bonchev–Trinajstić information content (AvgIpc) is 3.21. The van der Waals surface area contributed by atoms with Gasteiger partial charge in [0.25, 0.3) is 0 Å². The van der Waals surface area contributed by atoms with E-state index < -0.39 is 16.1 Å². The largest absolute Gasteiger partial charge is 0.495 e. The first-order valence-corrected chi connectivity index (χ1v) is 11.4. The topological polar surface area (TPSA) is 84.5 Å². The maximum Gasteiger partial charge on any atom is 0.244 e. The first-order valence-electron chi connectivity index (χ1n) is 9.90. The number of rotatable bonds is 8. The lowest BCUT2D eigenvalue weighted by atomic mass is 10.1. The Morgan fingerprint density at radius 2 is 1.83 bits per heavy atom. The van der Waals surface area contributed by atoms with Crippen LogP contribution in [-0.4, -0.2) is 33.5 Å². The number of carbonyl (C=O) groups excluding carboxylic acids is 1. The molecule has 0 spiro atoms. The van der Waals surface area contributed by atoms with Crippen LogP contribution in [0.5, 0.6) is 5.75 Å². The maximum absolute atomic E-state index is 13.1. The summed E-state index contributed by atoms with van der Waals surface area (Å²) >= 11 is 0. The molecule has 0 saturated heterocycles. The minimum absolute atomic E-state index is 0.0340. The number of hydrogen-bond acceptors (Lipinski definition) is 4. The smallest absolute Gasteiger partial charge is 0.244 e. The second-order valence-corrected chi connectivity index (χ2v) is 9.19. The molecule has 1 atom stereocenters. The fourth-order valence-electron chi connectivity index (χ4n) is 3.65. The van der Waals surface area contributed by atoms with Crippen LogP contribution < -0.4 is 14.8 Å². The van der Waals surface area contributed by atoms with E-state index in [0.29, 0.717) is 0 Å². The highest BCUT2D eigenvalue weighted by Crippen LogP contribution is 2.25. The zero-order valence-corrected chi connectivity index (χ0v) is 17.7. The van der Waals surface area contributed by atoms with E-state index in [1.165, 1.54) is 7.11 Å². The van der Waals surface area contributed by atoms with E-state index in [1.807, 2.05) is 37.3 Å². The van der Waals surface area contributed by atoms with Crippen molar-refractivity contribution in [2.45, 2.75) is 56.0 Å². The van der Waals surface area contributed by atoms with Gasteiger partial charge in [0.15, 0.2) is 0 Å². The predicted octanol–water partition coefficient (Wildman–Crippen LogP) is 2.95. The molecule has 0 aromatic heterocycles. The second kappa shape index (κ2) is 9.41. The van der Waals surface area contributed by atoms with E-state index in [-0.39, 0.29) is 29.0 Å². The third-order valence-electron chi connectivity index (χ3n) is 5.21. The standard InChI is InChI=1S/C22H28N2O4S/c1-16-12-13-20(28-2)21(14-16)29(26,27)24-19(15-17-8-4-3-5-9-17)22(25)23-18-10-6-7-11-18/h3-5,8-9,12-14,18-19,24H,6-7,10-11,15H2,1-2H3,(H,23,25)/t19-/m0/s1. The summed E-state index contributed by atoms with van der Waals surface area (Å²) in [4.78, 5) is 13.0. The summed E-state index contributed by atoms with van der Waals surface area (Å²) in [7, 11) is -2.53. The number of hydrogen-bond donors (Lipinski definition) is 2. The van der Waals surface area contributed by atoms with Crippen molar-refractivity contribution in [2.75, 3.05) is 7.11 Å². The van der Waals surface area contributed by atoms with E-state index in [2.05, 4.69) is 10.0 Å². The zero-order valence-electron chi connectivity index (χ0n) is 16.9. The summed E-state index contributed by atoms with van der Waals surface area (Å²) in [5, 5.41) is 3.02. The molecule has 0 unspecified atom stereocenters. The highest BCUT2D eigenvalue weighted by molar-refractivity contribution is 7.89. The van der Waals surface area contributed by atoms with Gasteiger partial charge in [-0.25, -0.2) is 8.42 Å². The molecule has 1 amide bonds. The highest BCUT2D eigenvalue weighted by atomic mass is 32.2. The average molecular weight is 417 g/mol. The van der Waals surface area contributed by atoms with Crippen LogP contribution in [0.1, 0.15) is 36.8 Å². The van der Waals surface area contributed by atoms with Crippen LogP contribution in [0.15, 0.2) is 53.4 Å². The molecule has 1 aliphatic carbocycles. The fraction of sp³-hybridized carbons (Fsp3) is 0.409. The van der Waals surface area contributed by atoms with Gasteiger partial charge in [0.05, 0.1) is 7.11 Å². The number of benzene rings is 2. The Labute approximate surface area is 172 Å². The molecule has 7 heteroatoms. The first kappa shape index (κ1) is 21.3. The van der Waals surface area contributed by atoms with Gasteiger partial charge >= 0.3 is 0 Å². The Morgan fingerprint density at radius 1 is 1.14 bits per heavy atom. The van der Waals surface area contributed by atoms with E-state index in [9.17, 15) is 13.2 Å². The molecular weight excluding hydrogens is 388 g/mol. The van der Waals surface area contributed by atoms with Gasteiger partial charge < -0.3 is 10.1 Å². The summed E-state index contributed by atoms with van der Waals surface area (Å²) < 4.78 is 34.1. The molecule has 29 heavy (non-hydrogen) atoms. The third-order valence-corrected chi connectivity index (χ3v) is 6.70. The lowest BCUT2D eigenvalue weighted by Crippen LogP contribution is -2.50. The second-order valence-electron chi connectivity index (χ2n) is 7.51. The Hall–Kier alpha value is -2.38. The molecule has 0 bridgehead atoms. The predicted molar refractivity (Wildman–Crippen MR) is 112 cm³/mol. The summed E-state index contributed by atoms with van der Waals surface area (Å²) in [5.41, 5.74) is 1.68. The van der Waals surface area contributed by atoms with Crippen LogP contribution in [0.25, 0.3) is 0 Å². The fourth-order valence-corrected chi connectivity index (χ4v) is 5.10. The van der Waals surface area contributed by atoms with Crippen LogP contribution in [-0.2, 0) is 21.2 Å². The highest BCUT2D eigenvalue weighted by Gasteiger charge is 2.30. The van der Waals surface area contributed by atoms with Crippen molar-refractivity contribution in [3.63, 3.8) is 0 Å². The molecule has 2 aromatic rings. The molecule has 3 rings (SSSR count). The molecular formula is C22H28N2O4S. The number of sulfonamides is 1. The minimum Gasteiger partial charge on any atom is -0.495 e. The van der Waals surface area contributed by atoms with E-state index >= 15 is 0 Å². The molecule has 2 aromatic carbocycles. The minimum atomic E-state index is -3.96. The van der Waals surface area contributed by atoms with Crippen molar-refractivity contribution in [1.29, 1.82) is 0 Å². The Balaban J connectivity index is 1.86. The Kier molecular flexibility index (Phi) is 6.92. The molecule has 0 radical (unpaired) electrons. The van der Waals surface area contributed by atoms with Crippen molar-refractivity contribution < 1.29 is 17.9 Å². The van der Waals surface area contributed by atoms with Crippen LogP contribution in [0.4, 0.5) is 0 Å². The lowest BCUT2D eigenvalue weighted by Gasteiger charge is -2.22. The van der Waals surface area contributed by atoms with Gasteiger partial charge in [-0.1, -0.05) is 49.2 Å². The van der Waals surface area contributed by atoms with Crippen LogP contribution in [0.2, 0.25) is 0 Å². The molecule has 1 fully saturated rings. The van der Waals surface area contributed by atoms with Crippen molar-refractivity contribution >= 4 is 15.9 Å². The van der Waals surface area contributed by atoms with Crippen LogP contribution in [0, 0.1) is 6.92 Å². The van der Waals surface area contributed by atoms with Gasteiger partial charge in [-0.2, -0.15) is 4.72 Å². The summed E-state index contributed by atoms with van der Waals surface area (Å²) in [6.07, 6.45) is 4.30. The molecule has 1 aliphatic rings. The zero-order chi connectivity index (χ0) is 20.9. The summed E-state index contributed by atoms with van der Waals surface area (Å²) in [6, 6.07) is 13.6. The number of aryl methyl sites for hydroxylation is 1. The Bertz CT molecular complexity index is 939. The third kappa shape index (κ3) is 5.58. The summed E-state index contributed by atoms with van der Waals surface area (Å²) in [5.74, 6) is -0.0475. The number of amides is 1. The van der Waals surface area contributed by atoms with E-state index in [4.69, 9.17) is 4.74 Å². The van der Waals surface area contributed by atoms with Gasteiger partial charge in [0.2, 0.25) is 15.9 Å². The van der Waals surface area contributed by atoms with E-state index in [1.54, 1.807) is 18.2 Å². The number of nitrogens with one attached hydrogen (secondary N) is 2. The van der Waals surface area contributed by atoms with Gasteiger partial charge in [-0.3, -0.25) is 4.79 Å². The van der Waals surface area contributed by atoms with Gasteiger partial charge in [-0.15, -0.1) is 0 Å². The van der Waals surface area contributed by atoms with Gasteiger partial charge in [-0.05, 0) is 49.4 Å². The molecule has 0 heterocycles. The van der Waals surface area contributed by atoms with Crippen LogP contribution in [0.3, 0.4) is 0 Å². The maximum atomic E-state index is 13.1. The number of methoxy groups -OCH3 is 1. The Morgan fingerprint density at radius 3 is 2.48 bits per heavy atom. The SMILES string of the molecule is COc1ccc(C)cc1S(=O)(=O)N[C@@H](Cc1ccccc1)C(=O)NC1CCCC1. The van der Waals surface area contributed by atoms with Crippen molar-refractivity contribution in [3.8, 4) is 5.75 Å². The monoisotopic (exact) mass is 416 g/mol. The molecule has 6 nitrogen and oxygen atoms in total. The van der Waals surface area contributed by atoms with Crippen LogP contribution >= 0.6 is 0 Å². The molecule has 1 saturated carbocycles. The first-order chi connectivity index (χ1) is 13.9. The van der Waals surface area contributed by atoms with Crippen molar-refractivity contribution in [1.82, 2.24) is 10.0 Å². The summed E-state index contributed by atoms with van der Waals surface area (Å²) in [6.45, 7) is 1.81. The molecule has 2 N–H and O–H groups in total. The lowest BCUT2D eigenvalue weighted by molar-refractivity contribution is -0.123.